The quantitative estimate of drug-likeness (QED) is 0.738. The summed E-state index contributed by atoms with van der Waals surface area (Å²) in [6.45, 7) is 3.36. The van der Waals surface area contributed by atoms with Gasteiger partial charge < -0.3 is 9.47 Å². The van der Waals surface area contributed by atoms with Gasteiger partial charge in [-0.25, -0.2) is 0 Å². The first-order valence-electron chi connectivity index (χ1n) is 6.65. The maximum Gasteiger partial charge on any atom is 0.212 e. The number of ether oxygens (including phenoxy) is 2. The Hall–Kier alpha value is -1.85. The predicted octanol–water partition coefficient (Wildman–Crippen LogP) is 2.81. The average Bonchev–Trinajstić information content (AvgIpc) is 2.86. The van der Waals surface area contributed by atoms with Crippen molar-refractivity contribution in [2.45, 2.75) is 13.5 Å². The first-order valence-corrected chi connectivity index (χ1v) is 7.03. The van der Waals surface area contributed by atoms with Crippen LogP contribution in [0.25, 0.3) is 0 Å². The molecule has 0 unspecified atom stereocenters. The molecule has 0 aliphatic heterocycles. The fourth-order valence-corrected chi connectivity index (χ4v) is 2.19. The molecule has 2 rings (SSSR count). The van der Waals surface area contributed by atoms with Crippen LogP contribution in [0.1, 0.15) is 23.0 Å². The van der Waals surface area contributed by atoms with Gasteiger partial charge in [0.05, 0.1) is 31.0 Å². The van der Waals surface area contributed by atoms with E-state index in [0.29, 0.717) is 41.8 Å². The van der Waals surface area contributed by atoms with E-state index in [2.05, 4.69) is 5.10 Å². The van der Waals surface area contributed by atoms with Crippen LogP contribution in [-0.2, 0) is 11.3 Å². The van der Waals surface area contributed by atoms with E-state index in [1.807, 2.05) is 13.0 Å². The van der Waals surface area contributed by atoms with Gasteiger partial charge in [-0.3, -0.25) is 9.48 Å². The number of hydrogen-bond donors (Lipinski definition) is 0. The molecule has 21 heavy (non-hydrogen) atoms. The molecule has 0 saturated carbocycles. The molecule has 0 N–H and O–H groups in total. The van der Waals surface area contributed by atoms with Crippen molar-refractivity contribution in [2.24, 2.45) is 0 Å². The molecular formula is C15H17ClN2O3. The monoisotopic (exact) mass is 308 g/mol. The Bertz CT molecular complexity index is 625. The lowest BCUT2D eigenvalue weighted by Crippen LogP contribution is -2.14. The first-order chi connectivity index (χ1) is 10.2. The molecule has 0 radical (unpaired) electrons. The molecule has 0 aliphatic rings. The molecule has 0 spiro atoms. The van der Waals surface area contributed by atoms with Crippen LogP contribution in [0.2, 0.25) is 5.02 Å². The highest BCUT2D eigenvalue weighted by Crippen LogP contribution is 2.21. The molecule has 5 nitrogen and oxygen atoms in total. The summed E-state index contributed by atoms with van der Waals surface area (Å²) in [5.74, 6) is 0.470. The van der Waals surface area contributed by atoms with Gasteiger partial charge in [0.25, 0.3) is 0 Å². The normalized spacial score (nSPS) is 10.6. The molecule has 0 fully saturated rings. The number of hydrogen-bond acceptors (Lipinski definition) is 4. The molecular weight excluding hydrogens is 292 g/mol. The second kappa shape index (κ2) is 7.24. The van der Waals surface area contributed by atoms with E-state index >= 15 is 0 Å². The highest BCUT2D eigenvalue weighted by Gasteiger charge is 2.19. The highest BCUT2D eigenvalue weighted by molar-refractivity contribution is 6.34. The Labute approximate surface area is 128 Å². The third kappa shape index (κ3) is 3.62. The number of ketones is 1. The zero-order chi connectivity index (χ0) is 15.2. The fourth-order valence-electron chi connectivity index (χ4n) is 1.97. The van der Waals surface area contributed by atoms with Gasteiger partial charge >= 0.3 is 0 Å². The van der Waals surface area contributed by atoms with Gasteiger partial charge in [-0.2, -0.15) is 5.10 Å². The first kappa shape index (κ1) is 15.5. The summed E-state index contributed by atoms with van der Waals surface area (Å²) in [5, 5.41) is 4.44. The lowest BCUT2D eigenvalue weighted by molar-refractivity contribution is 0.102. The molecule has 6 heteroatoms. The van der Waals surface area contributed by atoms with Crippen LogP contribution in [0.5, 0.6) is 5.75 Å². The fraction of sp³-hybridized carbons (Fsp3) is 0.333. The predicted molar refractivity (Wildman–Crippen MR) is 80.2 cm³/mol. The lowest BCUT2D eigenvalue weighted by Gasteiger charge is -2.08. The number of halogens is 1. The summed E-state index contributed by atoms with van der Waals surface area (Å²) in [7, 11) is 1.60. The SMILES string of the molecule is CCOc1cccc(C(=O)c2c(Cl)cnn2CCOC)c1. The Balaban J connectivity index is 2.31. The minimum atomic E-state index is -0.185. The molecule has 2 aromatic rings. The maximum absolute atomic E-state index is 12.6. The largest absolute Gasteiger partial charge is 0.494 e. The summed E-state index contributed by atoms with van der Waals surface area (Å²) in [6, 6.07) is 7.02. The van der Waals surface area contributed by atoms with Gasteiger partial charge in [0.2, 0.25) is 5.78 Å². The summed E-state index contributed by atoms with van der Waals surface area (Å²) in [5.41, 5.74) is 0.879. The topological polar surface area (TPSA) is 53.3 Å². The second-order valence-corrected chi connectivity index (χ2v) is 4.75. The molecule has 0 bridgehead atoms. The molecule has 0 aliphatic carbocycles. The lowest BCUT2D eigenvalue weighted by atomic mass is 10.1. The van der Waals surface area contributed by atoms with Crippen molar-refractivity contribution in [3.8, 4) is 5.75 Å². The molecule has 1 heterocycles. The Morgan fingerprint density at radius 2 is 2.24 bits per heavy atom. The van der Waals surface area contributed by atoms with Gasteiger partial charge in [0.15, 0.2) is 0 Å². The average molecular weight is 309 g/mol. The summed E-state index contributed by atoms with van der Waals surface area (Å²) < 4.78 is 12.0. The van der Waals surface area contributed by atoms with E-state index < -0.39 is 0 Å². The number of benzene rings is 1. The summed E-state index contributed by atoms with van der Waals surface area (Å²) in [4.78, 5) is 12.6. The molecule has 0 saturated heterocycles. The van der Waals surface area contributed by atoms with Crippen molar-refractivity contribution >= 4 is 17.4 Å². The van der Waals surface area contributed by atoms with Gasteiger partial charge in [0, 0.05) is 12.7 Å². The molecule has 0 atom stereocenters. The van der Waals surface area contributed by atoms with Crippen molar-refractivity contribution in [3.63, 3.8) is 0 Å². The van der Waals surface area contributed by atoms with Gasteiger partial charge in [-0.1, -0.05) is 23.7 Å². The maximum atomic E-state index is 12.6. The van der Waals surface area contributed by atoms with E-state index in [-0.39, 0.29) is 5.78 Å². The van der Waals surface area contributed by atoms with E-state index in [4.69, 9.17) is 21.1 Å². The Morgan fingerprint density at radius 3 is 2.95 bits per heavy atom. The van der Waals surface area contributed by atoms with E-state index in [1.54, 1.807) is 30.0 Å². The third-order valence-electron chi connectivity index (χ3n) is 2.92. The Morgan fingerprint density at radius 1 is 1.43 bits per heavy atom. The van der Waals surface area contributed by atoms with Gasteiger partial charge in [0.1, 0.15) is 11.4 Å². The van der Waals surface area contributed by atoms with Crippen LogP contribution in [-0.4, -0.2) is 35.9 Å². The van der Waals surface area contributed by atoms with E-state index in [9.17, 15) is 4.79 Å². The second-order valence-electron chi connectivity index (χ2n) is 4.35. The number of carbonyl (C=O) groups is 1. The highest BCUT2D eigenvalue weighted by atomic mass is 35.5. The molecule has 1 aromatic heterocycles. The smallest absolute Gasteiger partial charge is 0.212 e. The third-order valence-corrected chi connectivity index (χ3v) is 3.20. The van der Waals surface area contributed by atoms with Gasteiger partial charge in [-0.15, -0.1) is 0 Å². The van der Waals surface area contributed by atoms with Crippen LogP contribution in [0.4, 0.5) is 0 Å². The number of methoxy groups -OCH3 is 1. The van der Waals surface area contributed by atoms with E-state index in [0.717, 1.165) is 0 Å². The van der Waals surface area contributed by atoms with E-state index in [1.165, 1.54) is 6.20 Å². The number of carbonyl (C=O) groups excluding carboxylic acids is 1. The summed E-state index contributed by atoms with van der Waals surface area (Å²) >= 11 is 6.09. The van der Waals surface area contributed by atoms with Crippen molar-refractivity contribution in [2.75, 3.05) is 20.3 Å². The zero-order valence-corrected chi connectivity index (χ0v) is 12.8. The van der Waals surface area contributed by atoms with Crippen LogP contribution in [0.3, 0.4) is 0 Å². The van der Waals surface area contributed by atoms with Crippen LogP contribution < -0.4 is 4.74 Å². The minimum Gasteiger partial charge on any atom is -0.494 e. The van der Waals surface area contributed by atoms with Crippen molar-refractivity contribution in [1.82, 2.24) is 9.78 Å². The van der Waals surface area contributed by atoms with Crippen LogP contribution in [0, 0.1) is 0 Å². The van der Waals surface area contributed by atoms with Gasteiger partial charge in [-0.05, 0) is 19.1 Å². The zero-order valence-electron chi connectivity index (χ0n) is 12.0. The summed E-state index contributed by atoms with van der Waals surface area (Å²) in [6.07, 6.45) is 1.47. The van der Waals surface area contributed by atoms with Crippen molar-refractivity contribution in [1.29, 1.82) is 0 Å². The standard InChI is InChI=1S/C15H17ClN2O3/c1-3-21-12-6-4-5-11(9-12)15(19)14-13(16)10-17-18(14)7-8-20-2/h4-6,9-10H,3,7-8H2,1-2H3. The number of rotatable bonds is 7. The molecule has 112 valence electrons. The van der Waals surface area contributed by atoms with Crippen LogP contribution in [0.15, 0.2) is 30.5 Å². The number of nitrogens with zero attached hydrogens (tertiary/aromatic N) is 2. The molecule has 1 aromatic carbocycles. The van der Waals surface area contributed by atoms with Crippen LogP contribution >= 0.6 is 11.6 Å². The Kier molecular flexibility index (Phi) is 5.36. The number of aromatic nitrogens is 2. The molecule has 0 amide bonds. The van der Waals surface area contributed by atoms with Crippen molar-refractivity contribution in [3.05, 3.63) is 46.7 Å². The minimum absolute atomic E-state index is 0.185. The van der Waals surface area contributed by atoms with Crippen molar-refractivity contribution < 1.29 is 14.3 Å².